The number of hydrogen-bond donors (Lipinski definition) is 0. The highest BCUT2D eigenvalue weighted by Crippen LogP contribution is 2.39. The number of allylic oxidation sites excluding steroid dienone is 4. The van der Waals surface area contributed by atoms with Gasteiger partial charge >= 0.3 is 0 Å². The van der Waals surface area contributed by atoms with E-state index in [-0.39, 0.29) is 5.82 Å². The Kier molecular flexibility index (Phi) is 4.68. The lowest BCUT2D eigenvalue weighted by Gasteiger charge is -2.08. The Bertz CT molecular complexity index is 999. The smallest absolute Gasteiger partial charge is 0.123 e. The molecule has 0 saturated carbocycles. The van der Waals surface area contributed by atoms with Crippen molar-refractivity contribution in [1.29, 1.82) is 0 Å². The summed E-state index contributed by atoms with van der Waals surface area (Å²) in [6.07, 6.45) is 11.7. The number of benzene rings is 2. The highest BCUT2D eigenvalue weighted by molar-refractivity contribution is 7.16. The monoisotopic (exact) mass is 358 g/mol. The molecule has 0 fully saturated rings. The normalized spacial score (nSPS) is 13.5. The lowest BCUT2D eigenvalue weighted by Crippen LogP contribution is -1.87. The van der Waals surface area contributed by atoms with Gasteiger partial charge in [0.25, 0.3) is 0 Å². The average molecular weight is 358 g/mol. The molecule has 128 valence electrons. The molecule has 2 aromatic carbocycles. The molecule has 4 rings (SSSR count). The molecule has 1 aliphatic carbocycles. The summed E-state index contributed by atoms with van der Waals surface area (Å²) in [6.45, 7) is 2.11. The maximum absolute atomic E-state index is 13.3. The molecular formula is C24H19FS. The topological polar surface area (TPSA) is 0 Å². The third-order valence-corrected chi connectivity index (χ3v) is 5.71. The SMILES string of the molecule is Cc1ccc(C2=CCC=CC=Cc3cc(-c4ccc(F)cc4)sc32)cc1. The van der Waals surface area contributed by atoms with Gasteiger partial charge in [-0.3, -0.25) is 0 Å². The van der Waals surface area contributed by atoms with Crippen LogP contribution in [0.4, 0.5) is 4.39 Å². The Labute approximate surface area is 157 Å². The van der Waals surface area contributed by atoms with Crippen molar-refractivity contribution in [3.8, 4) is 10.4 Å². The zero-order chi connectivity index (χ0) is 17.9. The van der Waals surface area contributed by atoms with Gasteiger partial charge in [0.2, 0.25) is 0 Å². The van der Waals surface area contributed by atoms with Gasteiger partial charge in [-0.15, -0.1) is 11.3 Å². The minimum Gasteiger partial charge on any atom is -0.207 e. The van der Waals surface area contributed by atoms with Crippen LogP contribution in [0.5, 0.6) is 0 Å². The van der Waals surface area contributed by atoms with Crippen LogP contribution in [0.25, 0.3) is 22.1 Å². The lowest BCUT2D eigenvalue weighted by molar-refractivity contribution is 0.628. The van der Waals surface area contributed by atoms with Crippen LogP contribution in [0.3, 0.4) is 0 Å². The molecule has 1 aromatic heterocycles. The fraction of sp³-hybridized carbons (Fsp3) is 0.0833. The van der Waals surface area contributed by atoms with E-state index in [4.69, 9.17) is 0 Å². The molecule has 0 radical (unpaired) electrons. The Morgan fingerprint density at radius 1 is 0.885 bits per heavy atom. The molecule has 0 bridgehead atoms. The van der Waals surface area contributed by atoms with Gasteiger partial charge in [0.1, 0.15) is 5.82 Å². The molecule has 3 aromatic rings. The molecule has 0 saturated heterocycles. The predicted octanol–water partition coefficient (Wildman–Crippen LogP) is 7.27. The van der Waals surface area contributed by atoms with Crippen molar-refractivity contribution < 1.29 is 4.39 Å². The molecule has 1 aliphatic rings. The quantitative estimate of drug-likeness (QED) is 0.452. The van der Waals surface area contributed by atoms with E-state index in [1.807, 2.05) is 12.1 Å². The minimum atomic E-state index is -0.203. The van der Waals surface area contributed by atoms with Gasteiger partial charge in [0, 0.05) is 9.75 Å². The predicted molar refractivity (Wildman–Crippen MR) is 111 cm³/mol. The van der Waals surface area contributed by atoms with Crippen LogP contribution in [0.15, 0.2) is 78.9 Å². The van der Waals surface area contributed by atoms with Crippen molar-refractivity contribution in [3.63, 3.8) is 0 Å². The van der Waals surface area contributed by atoms with E-state index in [0.29, 0.717) is 0 Å². The zero-order valence-corrected chi connectivity index (χ0v) is 15.4. The third-order valence-electron chi connectivity index (χ3n) is 4.48. The molecule has 0 nitrogen and oxygen atoms in total. The van der Waals surface area contributed by atoms with Crippen molar-refractivity contribution in [2.75, 3.05) is 0 Å². The van der Waals surface area contributed by atoms with Gasteiger partial charge in [-0.25, -0.2) is 4.39 Å². The Morgan fingerprint density at radius 2 is 1.62 bits per heavy atom. The molecule has 0 N–H and O–H groups in total. The standard InChI is InChI=1S/C24H19FS/c1-17-8-10-18(11-9-17)22-7-5-3-2-4-6-20-16-23(26-24(20)22)19-12-14-21(25)15-13-19/h2-4,6-16H,5H2,1H3. The summed E-state index contributed by atoms with van der Waals surface area (Å²) >= 11 is 1.76. The van der Waals surface area contributed by atoms with Crippen LogP contribution in [0.2, 0.25) is 0 Å². The summed E-state index contributed by atoms with van der Waals surface area (Å²) < 4.78 is 13.3. The van der Waals surface area contributed by atoms with Crippen molar-refractivity contribution in [1.82, 2.24) is 0 Å². The van der Waals surface area contributed by atoms with E-state index < -0.39 is 0 Å². The molecule has 2 heteroatoms. The van der Waals surface area contributed by atoms with Gasteiger partial charge in [-0.2, -0.15) is 0 Å². The van der Waals surface area contributed by atoms with E-state index in [9.17, 15) is 4.39 Å². The zero-order valence-electron chi connectivity index (χ0n) is 14.6. The maximum atomic E-state index is 13.3. The fourth-order valence-corrected chi connectivity index (χ4v) is 4.29. The first-order valence-corrected chi connectivity index (χ1v) is 9.53. The molecule has 26 heavy (non-hydrogen) atoms. The van der Waals surface area contributed by atoms with Crippen LogP contribution in [0, 0.1) is 12.7 Å². The first-order valence-electron chi connectivity index (χ1n) is 8.71. The highest BCUT2D eigenvalue weighted by Gasteiger charge is 2.15. The van der Waals surface area contributed by atoms with Crippen LogP contribution in [-0.2, 0) is 0 Å². The lowest BCUT2D eigenvalue weighted by atomic mass is 9.99. The van der Waals surface area contributed by atoms with Crippen molar-refractivity contribution in [2.24, 2.45) is 0 Å². The Balaban J connectivity index is 1.85. The highest BCUT2D eigenvalue weighted by atomic mass is 32.1. The summed E-state index contributed by atoms with van der Waals surface area (Å²) in [5, 5.41) is 0. The first-order chi connectivity index (χ1) is 12.7. The van der Waals surface area contributed by atoms with Gasteiger partial charge < -0.3 is 0 Å². The molecule has 0 amide bonds. The molecule has 1 heterocycles. The van der Waals surface area contributed by atoms with Crippen LogP contribution < -0.4 is 0 Å². The number of halogens is 1. The van der Waals surface area contributed by atoms with Gasteiger partial charge in [0.15, 0.2) is 0 Å². The number of fused-ring (bicyclic) bond motifs is 1. The first kappa shape index (κ1) is 16.7. The summed E-state index contributed by atoms with van der Waals surface area (Å²) in [6, 6.07) is 17.6. The second-order valence-electron chi connectivity index (χ2n) is 6.41. The fourth-order valence-electron chi connectivity index (χ4n) is 3.07. The van der Waals surface area contributed by atoms with E-state index in [1.54, 1.807) is 11.3 Å². The van der Waals surface area contributed by atoms with Crippen molar-refractivity contribution >= 4 is 23.0 Å². The number of thiophene rings is 1. The number of hydrogen-bond acceptors (Lipinski definition) is 1. The average Bonchev–Trinajstić information content (AvgIpc) is 3.08. The van der Waals surface area contributed by atoms with Crippen molar-refractivity contribution in [3.05, 3.63) is 106 Å². The van der Waals surface area contributed by atoms with Crippen LogP contribution >= 0.6 is 11.3 Å². The molecule has 0 aliphatic heterocycles. The van der Waals surface area contributed by atoms with E-state index in [1.165, 1.54) is 39.3 Å². The minimum absolute atomic E-state index is 0.203. The molecule has 0 unspecified atom stereocenters. The maximum Gasteiger partial charge on any atom is 0.123 e. The van der Waals surface area contributed by atoms with E-state index in [2.05, 4.69) is 67.6 Å². The van der Waals surface area contributed by atoms with Gasteiger partial charge in [0.05, 0.1) is 0 Å². The molecule has 0 atom stereocenters. The van der Waals surface area contributed by atoms with E-state index in [0.717, 1.165) is 16.9 Å². The number of aryl methyl sites for hydroxylation is 1. The van der Waals surface area contributed by atoms with E-state index >= 15 is 0 Å². The van der Waals surface area contributed by atoms with Gasteiger partial charge in [-0.05, 0) is 53.8 Å². The Hall–Kier alpha value is -2.71. The largest absolute Gasteiger partial charge is 0.207 e. The molecule has 0 spiro atoms. The second-order valence-corrected chi connectivity index (χ2v) is 7.46. The summed E-state index contributed by atoms with van der Waals surface area (Å²) in [5.74, 6) is -0.203. The summed E-state index contributed by atoms with van der Waals surface area (Å²) in [7, 11) is 0. The second kappa shape index (κ2) is 7.27. The summed E-state index contributed by atoms with van der Waals surface area (Å²) in [4.78, 5) is 2.41. The van der Waals surface area contributed by atoms with Gasteiger partial charge in [-0.1, -0.05) is 72.3 Å². The summed E-state index contributed by atoms with van der Waals surface area (Å²) in [5.41, 5.74) is 6.00. The molecular weight excluding hydrogens is 339 g/mol. The number of rotatable bonds is 2. The van der Waals surface area contributed by atoms with Crippen LogP contribution in [0.1, 0.15) is 28.0 Å². The Morgan fingerprint density at radius 3 is 2.38 bits per heavy atom. The van der Waals surface area contributed by atoms with Crippen molar-refractivity contribution in [2.45, 2.75) is 13.3 Å². The third kappa shape index (κ3) is 3.47. The van der Waals surface area contributed by atoms with Crippen LogP contribution in [-0.4, -0.2) is 0 Å².